The molecule has 0 saturated carbocycles. The number of halogens is 1. The van der Waals surface area contributed by atoms with Crippen LogP contribution in [0.5, 0.6) is 11.5 Å². The Balaban J connectivity index is 2.23. The van der Waals surface area contributed by atoms with Crippen molar-refractivity contribution in [2.24, 2.45) is 11.5 Å². The predicted octanol–water partition coefficient (Wildman–Crippen LogP) is 2.17. The lowest BCUT2D eigenvalue weighted by Crippen LogP contribution is -2.29. The van der Waals surface area contributed by atoms with Crippen LogP contribution in [0.1, 0.15) is 11.1 Å². The largest absolute Gasteiger partial charge is 0.457 e. The zero-order valence-electron chi connectivity index (χ0n) is 13.9. The molecule has 130 valence electrons. The second-order valence-electron chi connectivity index (χ2n) is 5.32. The van der Waals surface area contributed by atoms with Crippen LogP contribution in [-0.2, 0) is 4.79 Å². The van der Waals surface area contributed by atoms with Crippen LogP contribution in [0.3, 0.4) is 0 Å². The van der Waals surface area contributed by atoms with Gasteiger partial charge in [0.25, 0.3) is 5.91 Å². The molecule has 0 aromatic heterocycles. The Morgan fingerprint density at radius 1 is 1.12 bits per heavy atom. The number of hydrogen-bond acceptors (Lipinski definition) is 5. The van der Waals surface area contributed by atoms with Crippen LogP contribution in [0.15, 0.2) is 53.9 Å². The Hall–Kier alpha value is -3.35. The third-order valence-electron chi connectivity index (χ3n) is 3.56. The highest BCUT2D eigenvalue weighted by atomic mass is 19.1. The van der Waals surface area contributed by atoms with Gasteiger partial charge in [-0.1, -0.05) is 6.07 Å². The fraction of sp³-hybridized carbons (Fsp3) is 0.111. The molecule has 2 aromatic rings. The van der Waals surface area contributed by atoms with E-state index in [1.165, 1.54) is 13.1 Å². The average molecular weight is 342 g/mol. The second-order valence-corrected chi connectivity index (χ2v) is 5.32. The van der Waals surface area contributed by atoms with E-state index in [0.29, 0.717) is 22.6 Å². The third-order valence-corrected chi connectivity index (χ3v) is 3.56. The number of rotatable bonds is 6. The zero-order valence-corrected chi connectivity index (χ0v) is 13.9. The molecule has 2 aromatic carbocycles. The normalized spacial score (nSPS) is 11.5. The maximum absolute atomic E-state index is 13.6. The molecule has 2 rings (SSSR count). The van der Waals surface area contributed by atoms with Gasteiger partial charge in [0.15, 0.2) is 0 Å². The monoisotopic (exact) mass is 342 g/mol. The smallest absolute Gasteiger partial charge is 0.254 e. The summed E-state index contributed by atoms with van der Waals surface area (Å²) < 4.78 is 19.1. The molecule has 0 radical (unpaired) electrons. The van der Waals surface area contributed by atoms with Crippen molar-refractivity contribution in [3.8, 4) is 11.5 Å². The van der Waals surface area contributed by atoms with Crippen molar-refractivity contribution in [3.63, 3.8) is 0 Å². The van der Waals surface area contributed by atoms with Gasteiger partial charge in [0.2, 0.25) is 0 Å². The summed E-state index contributed by atoms with van der Waals surface area (Å²) in [4.78, 5) is 11.5. The topological polar surface area (TPSA) is 114 Å². The van der Waals surface area contributed by atoms with Gasteiger partial charge in [0, 0.05) is 18.7 Å². The summed E-state index contributed by atoms with van der Waals surface area (Å²) in [6.45, 7) is 1.67. The molecule has 0 saturated heterocycles. The van der Waals surface area contributed by atoms with Gasteiger partial charge < -0.3 is 21.5 Å². The number of carbonyl (C=O) groups excluding carboxylic acids is 1. The van der Waals surface area contributed by atoms with E-state index in [1.807, 2.05) is 0 Å². The molecule has 0 bridgehead atoms. The molecule has 0 aliphatic rings. The molecular weight excluding hydrogens is 323 g/mol. The minimum absolute atomic E-state index is 0.0213. The number of carbonyl (C=O) groups is 1. The standard InChI is InChI=1S/C18H19FN4O2/c1-10-3-6-13(9-14(10)19)25-12-7-4-11(5-8-12)16(20)15(18(22)24)17(21)23-2/h3-9,20,23H,21H2,1-2H3,(H2,22,24)/b17-15+,20-16?. The Labute approximate surface area is 144 Å². The SMILES string of the molecule is CN/C(N)=C(\C(=N)c1ccc(Oc2ccc(C)c(F)c2)cc1)C(N)=O. The first-order valence-corrected chi connectivity index (χ1v) is 7.44. The van der Waals surface area contributed by atoms with E-state index in [1.54, 1.807) is 43.3 Å². The number of hydrogen-bond donors (Lipinski definition) is 4. The fourth-order valence-corrected chi connectivity index (χ4v) is 2.12. The first kappa shape index (κ1) is 18.0. The molecule has 0 fully saturated rings. The van der Waals surface area contributed by atoms with Crippen molar-refractivity contribution in [2.45, 2.75) is 6.92 Å². The van der Waals surface area contributed by atoms with Gasteiger partial charge in [-0.05, 0) is 42.8 Å². The number of primary amides is 1. The maximum Gasteiger partial charge on any atom is 0.254 e. The van der Waals surface area contributed by atoms with E-state index in [2.05, 4.69) is 5.32 Å². The summed E-state index contributed by atoms with van der Waals surface area (Å²) in [5, 5.41) is 10.7. The molecule has 1 amide bonds. The van der Waals surface area contributed by atoms with Crippen molar-refractivity contribution >= 4 is 11.6 Å². The van der Waals surface area contributed by atoms with Crippen molar-refractivity contribution in [3.05, 3.63) is 70.8 Å². The van der Waals surface area contributed by atoms with Crippen LogP contribution < -0.4 is 21.5 Å². The van der Waals surface area contributed by atoms with E-state index in [9.17, 15) is 9.18 Å². The van der Waals surface area contributed by atoms with Gasteiger partial charge in [-0.25, -0.2) is 4.39 Å². The number of benzene rings is 2. The first-order chi connectivity index (χ1) is 11.8. The van der Waals surface area contributed by atoms with Gasteiger partial charge >= 0.3 is 0 Å². The lowest BCUT2D eigenvalue weighted by Gasteiger charge is -2.11. The number of ether oxygens (including phenoxy) is 1. The van der Waals surface area contributed by atoms with E-state index in [4.69, 9.17) is 21.6 Å². The van der Waals surface area contributed by atoms with Crippen molar-refractivity contribution in [1.29, 1.82) is 5.41 Å². The molecule has 6 nitrogen and oxygen atoms in total. The summed E-state index contributed by atoms with van der Waals surface area (Å²) in [5.41, 5.74) is 11.7. The Morgan fingerprint density at radius 2 is 1.72 bits per heavy atom. The van der Waals surface area contributed by atoms with Crippen LogP contribution in [0.4, 0.5) is 4.39 Å². The minimum atomic E-state index is -0.799. The van der Waals surface area contributed by atoms with Gasteiger partial charge in [0.05, 0.1) is 5.71 Å². The Kier molecular flexibility index (Phi) is 5.38. The molecule has 0 heterocycles. The van der Waals surface area contributed by atoms with Crippen molar-refractivity contribution in [2.75, 3.05) is 7.05 Å². The Bertz CT molecular complexity index is 845. The van der Waals surface area contributed by atoms with Gasteiger partial charge in [0.1, 0.15) is 28.7 Å². The van der Waals surface area contributed by atoms with Crippen LogP contribution in [-0.4, -0.2) is 18.7 Å². The van der Waals surface area contributed by atoms with E-state index in [0.717, 1.165) is 0 Å². The van der Waals surface area contributed by atoms with Gasteiger partial charge in [-0.15, -0.1) is 0 Å². The molecule has 0 aliphatic carbocycles. The minimum Gasteiger partial charge on any atom is -0.457 e. The molecular formula is C18H19FN4O2. The average Bonchev–Trinajstić information content (AvgIpc) is 2.58. The molecule has 0 spiro atoms. The number of amides is 1. The molecule has 0 unspecified atom stereocenters. The molecule has 0 atom stereocenters. The summed E-state index contributed by atoms with van der Waals surface area (Å²) in [5.74, 6) is -0.302. The lowest BCUT2D eigenvalue weighted by atomic mass is 10.0. The van der Waals surface area contributed by atoms with Crippen LogP contribution in [0, 0.1) is 18.2 Å². The predicted molar refractivity (Wildman–Crippen MR) is 93.9 cm³/mol. The van der Waals surface area contributed by atoms with E-state index < -0.39 is 5.91 Å². The van der Waals surface area contributed by atoms with Crippen LogP contribution in [0.25, 0.3) is 0 Å². The maximum atomic E-state index is 13.6. The highest BCUT2D eigenvalue weighted by Crippen LogP contribution is 2.24. The fourth-order valence-electron chi connectivity index (χ4n) is 2.12. The lowest BCUT2D eigenvalue weighted by molar-refractivity contribution is -0.114. The zero-order chi connectivity index (χ0) is 18.6. The third kappa shape index (κ3) is 4.14. The molecule has 25 heavy (non-hydrogen) atoms. The van der Waals surface area contributed by atoms with Crippen LogP contribution in [0.2, 0.25) is 0 Å². The van der Waals surface area contributed by atoms with E-state index in [-0.39, 0.29) is 22.9 Å². The van der Waals surface area contributed by atoms with Crippen molar-refractivity contribution in [1.82, 2.24) is 5.32 Å². The molecule has 0 aliphatic heterocycles. The van der Waals surface area contributed by atoms with Gasteiger partial charge in [-0.3, -0.25) is 10.2 Å². The first-order valence-electron chi connectivity index (χ1n) is 7.44. The quantitative estimate of drug-likeness (QED) is 0.476. The second kappa shape index (κ2) is 7.48. The summed E-state index contributed by atoms with van der Waals surface area (Å²) in [6, 6.07) is 11.0. The van der Waals surface area contributed by atoms with E-state index >= 15 is 0 Å². The number of nitrogens with two attached hydrogens (primary N) is 2. The summed E-state index contributed by atoms with van der Waals surface area (Å²) in [7, 11) is 1.53. The van der Waals surface area contributed by atoms with Crippen molar-refractivity contribution < 1.29 is 13.9 Å². The Morgan fingerprint density at radius 3 is 2.24 bits per heavy atom. The number of nitrogens with one attached hydrogen (secondary N) is 2. The molecule has 7 heteroatoms. The highest BCUT2D eigenvalue weighted by Gasteiger charge is 2.17. The summed E-state index contributed by atoms with van der Waals surface area (Å²) >= 11 is 0. The molecule has 6 N–H and O–H groups in total. The number of aryl methyl sites for hydroxylation is 1. The van der Waals surface area contributed by atoms with Crippen LogP contribution >= 0.6 is 0 Å². The highest BCUT2D eigenvalue weighted by molar-refractivity contribution is 6.26. The van der Waals surface area contributed by atoms with Gasteiger partial charge in [-0.2, -0.15) is 0 Å². The summed E-state index contributed by atoms with van der Waals surface area (Å²) in [6.07, 6.45) is 0.